The monoisotopic (exact) mass is 385 g/mol. The van der Waals surface area contributed by atoms with Crippen LogP contribution in [-0.4, -0.2) is 53.5 Å². The molecule has 0 fully saturated rings. The van der Waals surface area contributed by atoms with Crippen molar-refractivity contribution in [1.29, 1.82) is 0 Å². The summed E-state index contributed by atoms with van der Waals surface area (Å²) < 4.78 is 13.7. The van der Waals surface area contributed by atoms with Crippen molar-refractivity contribution >= 4 is 5.96 Å². The van der Waals surface area contributed by atoms with E-state index in [2.05, 4.69) is 42.3 Å². The van der Waals surface area contributed by atoms with Gasteiger partial charge in [0, 0.05) is 38.9 Å². The van der Waals surface area contributed by atoms with Gasteiger partial charge in [0.15, 0.2) is 23.6 Å². The van der Waals surface area contributed by atoms with Crippen molar-refractivity contribution in [3.63, 3.8) is 0 Å². The molecule has 0 saturated carbocycles. The Morgan fingerprint density at radius 3 is 2.82 bits per heavy atom. The van der Waals surface area contributed by atoms with E-state index in [0.717, 1.165) is 36.2 Å². The fraction of sp³-hybridized carbons (Fsp3) is 0.524. The van der Waals surface area contributed by atoms with Crippen LogP contribution in [0.2, 0.25) is 0 Å². The summed E-state index contributed by atoms with van der Waals surface area (Å²) in [5.41, 5.74) is 2.35. The Balaban J connectivity index is 1.67. The number of hydrogen-bond acceptors (Lipinski definition) is 4. The largest absolute Gasteiger partial charge is 0.486 e. The molecule has 1 N–H and O–H groups in total. The van der Waals surface area contributed by atoms with Crippen LogP contribution in [0.1, 0.15) is 37.9 Å². The molecule has 7 nitrogen and oxygen atoms in total. The summed E-state index contributed by atoms with van der Waals surface area (Å²) in [6.45, 7) is 9.00. The quantitative estimate of drug-likeness (QED) is 0.612. The fourth-order valence-electron chi connectivity index (χ4n) is 3.30. The van der Waals surface area contributed by atoms with Crippen molar-refractivity contribution in [1.82, 2.24) is 20.0 Å². The van der Waals surface area contributed by atoms with E-state index < -0.39 is 0 Å². The molecule has 0 radical (unpaired) electrons. The number of aryl methyl sites for hydroxylation is 1. The maximum absolute atomic E-state index is 6.02. The average molecular weight is 386 g/mol. The van der Waals surface area contributed by atoms with Gasteiger partial charge < -0.3 is 19.7 Å². The topological polar surface area (TPSA) is 63.9 Å². The Kier molecular flexibility index (Phi) is 6.44. The van der Waals surface area contributed by atoms with E-state index in [0.29, 0.717) is 19.1 Å². The van der Waals surface area contributed by atoms with Gasteiger partial charge in [0.1, 0.15) is 6.61 Å². The number of benzene rings is 1. The van der Waals surface area contributed by atoms with Crippen LogP contribution in [0.3, 0.4) is 0 Å². The van der Waals surface area contributed by atoms with Gasteiger partial charge in [0.25, 0.3) is 0 Å². The highest BCUT2D eigenvalue weighted by molar-refractivity contribution is 5.79. The molecule has 0 bridgehead atoms. The summed E-state index contributed by atoms with van der Waals surface area (Å²) >= 11 is 0. The van der Waals surface area contributed by atoms with E-state index in [4.69, 9.17) is 14.5 Å². The van der Waals surface area contributed by atoms with Gasteiger partial charge >= 0.3 is 0 Å². The van der Waals surface area contributed by atoms with Crippen LogP contribution in [0.25, 0.3) is 0 Å². The third-order valence-electron chi connectivity index (χ3n) is 4.60. The van der Waals surface area contributed by atoms with Crippen LogP contribution in [-0.2, 0) is 13.6 Å². The second kappa shape index (κ2) is 8.99. The smallest absolute Gasteiger partial charge is 0.194 e. The van der Waals surface area contributed by atoms with Crippen LogP contribution in [0.15, 0.2) is 35.5 Å². The normalized spacial score (nSPS) is 16.4. The van der Waals surface area contributed by atoms with Crippen molar-refractivity contribution in [2.24, 2.45) is 12.0 Å². The minimum Gasteiger partial charge on any atom is -0.486 e. The van der Waals surface area contributed by atoms with E-state index in [1.807, 2.05) is 43.0 Å². The number of para-hydroxylation sites is 2. The Morgan fingerprint density at radius 1 is 1.36 bits per heavy atom. The molecule has 152 valence electrons. The van der Waals surface area contributed by atoms with Crippen LogP contribution in [0.4, 0.5) is 0 Å². The highest BCUT2D eigenvalue weighted by Gasteiger charge is 2.21. The second-order valence-corrected chi connectivity index (χ2v) is 7.42. The first kappa shape index (κ1) is 20.0. The lowest BCUT2D eigenvalue weighted by atomic mass is 10.1. The summed E-state index contributed by atoms with van der Waals surface area (Å²) in [7, 11) is 4.01. The molecule has 2 aromatic rings. The van der Waals surface area contributed by atoms with Gasteiger partial charge in [-0.25, -0.2) is 4.99 Å². The van der Waals surface area contributed by atoms with Gasteiger partial charge in [0.2, 0.25) is 0 Å². The molecule has 0 amide bonds. The second-order valence-electron chi connectivity index (χ2n) is 7.42. The molecule has 28 heavy (non-hydrogen) atoms. The molecule has 0 spiro atoms. The molecule has 1 aromatic heterocycles. The zero-order valence-corrected chi connectivity index (χ0v) is 17.5. The third kappa shape index (κ3) is 4.77. The molecule has 2 heterocycles. The SMILES string of the molecule is CCNC(=NCC1COc2ccccc2O1)N(C)Cc1cn(C)nc1C(C)C. The summed E-state index contributed by atoms with van der Waals surface area (Å²) in [4.78, 5) is 6.92. The van der Waals surface area contributed by atoms with Gasteiger partial charge in [0.05, 0.1) is 12.2 Å². The first-order valence-electron chi connectivity index (χ1n) is 9.88. The standard InChI is InChI=1S/C21H31N5O2/c1-6-22-21(25(4)12-16-13-26(5)24-20(16)15(2)3)23-11-17-14-27-18-9-7-8-10-19(18)28-17/h7-10,13,15,17H,6,11-12,14H2,1-5H3,(H,22,23). The first-order valence-corrected chi connectivity index (χ1v) is 9.88. The minimum absolute atomic E-state index is 0.0958. The highest BCUT2D eigenvalue weighted by atomic mass is 16.6. The Bertz CT molecular complexity index is 815. The third-order valence-corrected chi connectivity index (χ3v) is 4.60. The van der Waals surface area contributed by atoms with Gasteiger partial charge in [-0.05, 0) is 25.0 Å². The average Bonchev–Trinajstić information content (AvgIpc) is 3.05. The molecule has 0 saturated heterocycles. The van der Waals surface area contributed by atoms with Crippen LogP contribution in [0.5, 0.6) is 11.5 Å². The summed E-state index contributed by atoms with van der Waals surface area (Å²) in [6, 6.07) is 7.75. The lowest BCUT2D eigenvalue weighted by Gasteiger charge is -2.27. The van der Waals surface area contributed by atoms with Gasteiger partial charge in [-0.1, -0.05) is 26.0 Å². The molecule has 7 heteroatoms. The van der Waals surface area contributed by atoms with Crippen molar-refractivity contribution in [3.8, 4) is 11.5 Å². The maximum Gasteiger partial charge on any atom is 0.194 e. The minimum atomic E-state index is -0.0958. The zero-order valence-electron chi connectivity index (χ0n) is 17.5. The molecule has 1 unspecified atom stereocenters. The Labute approximate surface area is 167 Å². The predicted molar refractivity (Wildman–Crippen MR) is 111 cm³/mol. The van der Waals surface area contributed by atoms with Crippen LogP contribution >= 0.6 is 0 Å². The Hall–Kier alpha value is -2.70. The van der Waals surface area contributed by atoms with Crippen molar-refractivity contribution in [2.75, 3.05) is 26.7 Å². The van der Waals surface area contributed by atoms with Crippen molar-refractivity contribution < 1.29 is 9.47 Å². The number of nitrogens with zero attached hydrogens (tertiary/aromatic N) is 4. The number of hydrogen-bond donors (Lipinski definition) is 1. The van der Waals surface area contributed by atoms with E-state index in [1.54, 1.807) is 0 Å². The molecule has 1 atom stereocenters. The number of guanidine groups is 1. The van der Waals surface area contributed by atoms with Gasteiger partial charge in [-0.3, -0.25) is 4.68 Å². The van der Waals surface area contributed by atoms with Crippen molar-refractivity contribution in [3.05, 3.63) is 41.7 Å². The number of aliphatic imine (C=N–C) groups is 1. The number of aromatic nitrogens is 2. The zero-order chi connectivity index (χ0) is 20.1. The molecule has 1 aromatic carbocycles. The summed E-state index contributed by atoms with van der Waals surface area (Å²) in [5, 5.41) is 7.97. The summed E-state index contributed by atoms with van der Waals surface area (Å²) in [5.74, 6) is 2.81. The first-order chi connectivity index (χ1) is 13.5. The fourth-order valence-corrected chi connectivity index (χ4v) is 3.30. The maximum atomic E-state index is 6.02. The molecular weight excluding hydrogens is 354 g/mol. The molecular formula is C21H31N5O2. The lowest BCUT2D eigenvalue weighted by molar-refractivity contribution is 0.0969. The number of ether oxygens (including phenoxy) is 2. The van der Waals surface area contributed by atoms with Crippen LogP contribution < -0.4 is 14.8 Å². The highest BCUT2D eigenvalue weighted by Crippen LogP contribution is 2.30. The summed E-state index contributed by atoms with van der Waals surface area (Å²) in [6.07, 6.45) is 1.99. The number of rotatable bonds is 6. The molecule has 3 rings (SSSR count). The van der Waals surface area contributed by atoms with Crippen LogP contribution in [0, 0.1) is 0 Å². The molecule has 0 aliphatic carbocycles. The predicted octanol–water partition coefficient (Wildman–Crippen LogP) is 2.78. The molecule has 1 aliphatic rings. The van der Waals surface area contributed by atoms with E-state index >= 15 is 0 Å². The number of fused-ring (bicyclic) bond motifs is 1. The molecule has 1 aliphatic heterocycles. The number of nitrogens with one attached hydrogen (secondary N) is 1. The van der Waals surface area contributed by atoms with Gasteiger partial charge in [-0.2, -0.15) is 5.10 Å². The Morgan fingerprint density at radius 2 is 2.11 bits per heavy atom. The van der Waals surface area contributed by atoms with Crippen molar-refractivity contribution in [2.45, 2.75) is 39.3 Å². The van der Waals surface area contributed by atoms with E-state index in [-0.39, 0.29) is 6.10 Å². The van der Waals surface area contributed by atoms with E-state index in [1.165, 1.54) is 5.56 Å². The lowest BCUT2D eigenvalue weighted by Crippen LogP contribution is -2.40. The van der Waals surface area contributed by atoms with Gasteiger partial charge in [-0.15, -0.1) is 0 Å². The van der Waals surface area contributed by atoms with E-state index in [9.17, 15) is 0 Å².